The second-order valence-electron chi connectivity index (χ2n) is 10.3. The summed E-state index contributed by atoms with van der Waals surface area (Å²) in [6, 6.07) is 6.91. The summed E-state index contributed by atoms with van der Waals surface area (Å²) in [5.41, 5.74) is 6.62. The van der Waals surface area contributed by atoms with Gasteiger partial charge in [0, 0.05) is 37.4 Å². The normalized spacial score (nSPS) is 21.8. The third-order valence-corrected chi connectivity index (χ3v) is 6.28. The van der Waals surface area contributed by atoms with Crippen molar-refractivity contribution in [3.63, 3.8) is 0 Å². The first-order valence-corrected chi connectivity index (χ1v) is 11.0. The topological polar surface area (TPSA) is 6.48 Å². The minimum Gasteiger partial charge on any atom is -0.368 e. The molecule has 3 rings (SSSR count). The molecule has 1 aromatic rings. The Kier molecular flexibility index (Phi) is 7.67. The molecule has 2 nitrogen and oxygen atoms in total. The third kappa shape index (κ3) is 5.54. The highest BCUT2D eigenvalue weighted by Gasteiger charge is 2.35. The van der Waals surface area contributed by atoms with Crippen LogP contribution in [-0.2, 0) is 0 Å². The Bertz CT molecular complexity index is 682. The Labute approximate surface area is 179 Å². The lowest BCUT2D eigenvalue weighted by atomic mass is 9.65. The molecule has 2 aliphatic rings. The molecule has 0 aromatic heterocycles. The van der Waals surface area contributed by atoms with Crippen LogP contribution in [0, 0.1) is 17.8 Å². The standard InChI is InChI=1S/C25H40N2.ClH/c1-7-8-12-26-13-15-27(16-14-26)22-11-9-10-20(2)23(22)21-17-24(3,4)19-25(5,6)18-21;/h9-11,17H,7-8,12-16,18-19H2,1-6H3;1H. The van der Waals surface area contributed by atoms with E-state index in [9.17, 15) is 0 Å². The highest BCUT2D eigenvalue weighted by molar-refractivity contribution is 5.85. The molecule has 0 bridgehead atoms. The molecule has 0 radical (unpaired) electrons. The van der Waals surface area contributed by atoms with Crippen LogP contribution in [0.3, 0.4) is 0 Å². The molecule has 0 atom stereocenters. The van der Waals surface area contributed by atoms with Gasteiger partial charge in [0.25, 0.3) is 0 Å². The highest BCUT2D eigenvalue weighted by Crippen LogP contribution is 2.49. The third-order valence-electron chi connectivity index (χ3n) is 6.28. The van der Waals surface area contributed by atoms with E-state index in [-0.39, 0.29) is 17.8 Å². The molecule has 1 heterocycles. The Morgan fingerprint density at radius 3 is 2.29 bits per heavy atom. The largest absolute Gasteiger partial charge is 0.368 e. The van der Waals surface area contributed by atoms with E-state index in [0.717, 1.165) is 13.1 Å². The van der Waals surface area contributed by atoms with Gasteiger partial charge in [0.15, 0.2) is 0 Å². The second-order valence-corrected chi connectivity index (χ2v) is 10.3. The molecule has 158 valence electrons. The van der Waals surface area contributed by atoms with Crippen molar-refractivity contribution in [2.75, 3.05) is 37.6 Å². The number of anilines is 1. The van der Waals surface area contributed by atoms with Crippen molar-refractivity contribution in [2.24, 2.45) is 10.8 Å². The van der Waals surface area contributed by atoms with E-state index in [1.807, 2.05) is 0 Å². The number of piperazine rings is 1. The maximum absolute atomic E-state index is 2.64. The molecule has 0 saturated carbocycles. The summed E-state index contributed by atoms with van der Waals surface area (Å²) >= 11 is 0. The number of hydrogen-bond donors (Lipinski definition) is 0. The van der Waals surface area contributed by atoms with Gasteiger partial charge >= 0.3 is 0 Å². The molecule has 1 aromatic carbocycles. The van der Waals surface area contributed by atoms with Gasteiger partial charge in [0.1, 0.15) is 0 Å². The lowest BCUT2D eigenvalue weighted by Crippen LogP contribution is -2.47. The van der Waals surface area contributed by atoms with E-state index >= 15 is 0 Å². The fraction of sp³-hybridized carbons (Fsp3) is 0.680. The lowest BCUT2D eigenvalue weighted by Gasteiger charge is -2.42. The Balaban J connectivity index is 0.00000280. The smallest absolute Gasteiger partial charge is 0.0446 e. The molecule has 0 N–H and O–H groups in total. The number of hydrogen-bond acceptors (Lipinski definition) is 2. The van der Waals surface area contributed by atoms with E-state index in [1.54, 1.807) is 5.57 Å². The zero-order valence-corrected chi connectivity index (χ0v) is 19.8. The van der Waals surface area contributed by atoms with Crippen molar-refractivity contribution in [1.29, 1.82) is 0 Å². The first kappa shape index (κ1) is 23.3. The van der Waals surface area contributed by atoms with Crippen LogP contribution in [-0.4, -0.2) is 37.6 Å². The van der Waals surface area contributed by atoms with Crippen LogP contribution >= 0.6 is 12.4 Å². The summed E-state index contributed by atoms with van der Waals surface area (Å²) in [4.78, 5) is 5.28. The maximum Gasteiger partial charge on any atom is 0.0446 e. The predicted molar refractivity (Wildman–Crippen MR) is 127 cm³/mol. The Morgan fingerprint density at radius 2 is 1.68 bits per heavy atom. The van der Waals surface area contributed by atoms with E-state index < -0.39 is 0 Å². The van der Waals surface area contributed by atoms with Gasteiger partial charge < -0.3 is 4.90 Å². The molecule has 0 unspecified atom stereocenters. The zero-order valence-electron chi connectivity index (χ0n) is 19.0. The van der Waals surface area contributed by atoms with E-state index in [4.69, 9.17) is 0 Å². The quantitative estimate of drug-likeness (QED) is 0.547. The van der Waals surface area contributed by atoms with Crippen LogP contribution in [0.25, 0.3) is 5.57 Å². The van der Waals surface area contributed by atoms with Crippen LogP contribution in [0.15, 0.2) is 24.3 Å². The number of aryl methyl sites for hydroxylation is 1. The van der Waals surface area contributed by atoms with Crippen LogP contribution in [0.5, 0.6) is 0 Å². The number of allylic oxidation sites excluding steroid dienone is 2. The maximum atomic E-state index is 2.64. The van der Waals surface area contributed by atoms with Crippen molar-refractivity contribution in [1.82, 2.24) is 4.90 Å². The van der Waals surface area contributed by atoms with Gasteiger partial charge in [0.2, 0.25) is 0 Å². The van der Waals surface area contributed by atoms with Gasteiger partial charge in [-0.2, -0.15) is 0 Å². The van der Waals surface area contributed by atoms with E-state index in [0.29, 0.717) is 5.41 Å². The van der Waals surface area contributed by atoms with Crippen molar-refractivity contribution < 1.29 is 0 Å². The van der Waals surface area contributed by atoms with Crippen molar-refractivity contribution in [2.45, 2.75) is 67.2 Å². The summed E-state index contributed by atoms with van der Waals surface area (Å²) in [7, 11) is 0. The Morgan fingerprint density at radius 1 is 1.00 bits per heavy atom. The number of benzene rings is 1. The van der Waals surface area contributed by atoms with E-state index in [1.165, 1.54) is 62.1 Å². The number of nitrogens with zero attached hydrogens (tertiary/aromatic N) is 2. The van der Waals surface area contributed by atoms with Crippen LogP contribution < -0.4 is 4.90 Å². The summed E-state index contributed by atoms with van der Waals surface area (Å²) in [5, 5.41) is 0. The first-order chi connectivity index (χ1) is 12.7. The van der Waals surface area contributed by atoms with Gasteiger partial charge in [0.05, 0.1) is 0 Å². The number of halogens is 1. The molecule has 1 fully saturated rings. The van der Waals surface area contributed by atoms with Crippen LogP contribution in [0.1, 0.15) is 71.4 Å². The molecular formula is C25H41ClN2. The molecule has 0 amide bonds. The minimum atomic E-state index is 0. The number of rotatable bonds is 5. The molecule has 1 aliphatic heterocycles. The second kappa shape index (κ2) is 9.22. The summed E-state index contributed by atoms with van der Waals surface area (Å²) < 4.78 is 0. The minimum absolute atomic E-state index is 0. The molecule has 28 heavy (non-hydrogen) atoms. The van der Waals surface area contributed by atoms with Crippen LogP contribution in [0.2, 0.25) is 0 Å². The van der Waals surface area contributed by atoms with E-state index in [2.05, 4.69) is 75.6 Å². The average molecular weight is 405 g/mol. The zero-order chi connectivity index (χ0) is 19.7. The molecular weight excluding hydrogens is 364 g/mol. The van der Waals surface area contributed by atoms with Crippen molar-refractivity contribution in [3.05, 3.63) is 35.4 Å². The SMILES string of the molecule is CCCCN1CCN(c2cccc(C)c2C2=CC(C)(C)CC(C)(C)C2)CC1.Cl. The van der Waals surface area contributed by atoms with Crippen LogP contribution in [0.4, 0.5) is 5.69 Å². The highest BCUT2D eigenvalue weighted by atomic mass is 35.5. The summed E-state index contributed by atoms with van der Waals surface area (Å²) in [6.45, 7) is 20.2. The molecule has 0 spiro atoms. The monoisotopic (exact) mass is 404 g/mol. The van der Waals surface area contributed by atoms with Gasteiger partial charge in [-0.05, 0) is 60.8 Å². The first-order valence-electron chi connectivity index (χ1n) is 11.0. The molecule has 3 heteroatoms. The van der Waals surface area contributed by atoms with Gasteiger partial charge in [-0.25, -0.2) is 0 Å². The average Bonchev–Trinajstić information content (AvgIpc) is 2.57. The fourth-order valence-electron chi connectivity index (χ4n) is 5.47. The lowest BCUT2D eigenvalue weighted by molar-refractivity contribution is 0.228. The van der Waals surface area contributed by atoms with Crippen molar-refractivity contribution in [3.8, 4) is 0 Å². The molecule has 1 saturated heterocycles. The fourth-order valence-corrected chi connectivity index (χ4v) is 5.47. The molecule has 1 aliphatic carbocycles. The predicted octanol–water partition coefficient (Wildman–Crippen LogP) is 6.57. The summed E-state index contributed by atoms with van der Waals surface area (Å²) in [6.07, 6.45) is 7.64. The van der Waals surface area contributed by atoms with Gasteiger partial charge in [-0.15, -0.1) is 12.4 Å². The Hall–Kier alpha value is -0.990. The van der Waals surface area contributed by atoms with Crippen molar-refractivity contribution >= 4 is 23.7 Å². The van der Waals surface area contributed by atoms with Gasteiger partial charge in [-0.3, -0.25) is 4.90 Å². The number of unbranched alkanes of at least 4 members (excludes halogenated alkanes) is 1. The summed E-state index contributed by atoms with van der Waals surface area (Å²) in [5.74, 6) is 0. The van der Waals surface area contributed by atoms with Gasteiger partial charge in [-0.1, -0.05) is 59.2 Å².